The standard InChI is InChI=1S/C24H25ClN4O5/c1-12-18-19(13-7-6-8-15(25)9-13)20(24(31)27-22(18)29(2)28-12)26-23(30)14-10-16(32-3)21(34-5)17(11-14)33-4/h6-11,19-20H,1-5H3,(H,26,30)(H,27,31)/t19-,20+/m1/s1. The highest BCUT2D eigenvalue weighted by Crippen LogP contribution is 2.41. The number of hydrogen-bond acceptors (Lipinski definition) is 6. The molecule has 3 aromatic rings. The van der Waals surface area contributed by atoms with Gasteiger partial charge in [0.25, 0.3) is 5.91 Å². The van der Waals surface area contributed by atoms with Crippen molar-refractivity contribution in [3.63, 3.8) is 0 Å². The monoisotopic (exact) mass is 484 g/mol. The average molecular weight is 485 g/mol. The Balaban J connectivity index is 1.78. The summed E-state index contributed by atoms with van der Waals surface area (Å²) in [4.78, 5) is 26.6. The van der Waals surface area contributed by atoms with E-state index in [2.05, 4.69) is 15.7 Å². The van der Waals surface area contributed by atoms with Gasteiger partial charge in [-0.25, -0.2) is 0 Å². The van der Waals surface area contributed by atoms with Crippen LogP contribution < -0.4 is 24.8 Å². The molecule has 0 bridgehead atoms. The molecule has 178 valence electrons. The number of nitrogens with one attached hydrogen (secondary N) is 2. The van der Waals surface area contributed by atoms with Gasteiger partial charge in [0.05, 0.1) is 27.0 Å². The Kier molecular flexibility index (Phi) is 6.39. The smallest absolute Gasteiger partial charge is 0.252 e. The lowest BCUT2D eigenvalue weighted by Gasteiger charge is -2.32. The molecule has 0 saturated carbocycles. The van der Waals surface area contributed by atoms with Gasteiger partial charge >= 0.3 is 0 Å². The molecule has 34 heavy (non-hydrogen) atoms. The van der Waals surface area contributed by atoms with Crippen LogP contribution in [0, 0.1) is 6.92 Å². The number of carbonyl (C=O) groups is 2. The van der Waals surface area contributed by atoms with E-state index in [0.717, 1.165) is 16.8 Å². The lowest BCUT2D eigenvalue weighted by molar-refractivity contribution is -0.118. The number of ether oxygens (including phenoxy) is 3. The molecule has 9 nitrogen and oxygen atoms in total. The van der Waals surface area contributed by atoms with Crippen LogP contribution in [0.4, 0.5) is 5.82 Å². The van der Waals surface area contributed by atoms with E-state index in [-0.39, 0.29) is 11.5 Å². The molecule has 2 heterocycles. The number of aryl methyl sites for hydroxylation is 2. The van der Waals surface area contributed by atoms with Crippen molar-refractivity contribution in [2.45, 2.75) is 18.9 Å². The summed E-state index contributed by atoms with van der Waals surface area (Å²) in [6.45, 7) is 1.87. The van der Waals surface area contributed by atoms with Crippen LogP contribution in [0.1, 0.15) is 33.1 Å². The van der Waals surface area contributed by atoms with Crippen LogP contribution in [-0.4, -0.2) is 49.0 Å². The molecule has 2 atom stereocenters. The summed E-state index contributed by atoms with van der Waals surface area (Å²) in [5.74, 6) is 0.281. The second-order valence-electron chi connectivity index (χ2n) is 7.86. The van der Waals surface area contributed by atoms with E-state index < -0.39 is 17.9 Å². The van der Waals surface area contributed by atoms with Crippen LogP contribution in [-0.2, 0) is 11.8 Å². The number of hydrogen-bond donors (Lipinski definition) is 2. The Morgan fingerprint density at radius 2 is 1.79 bits per heavy atom. The zero-order valence-corrected chi connectivity index (χ0v) is 20.2. The second-order valence-corrected chi connectivity index (χ2v) is 8.29. The van der Waals surface area contributed by atoms with Gasteiger partial charge in [-0.15, -0.1) is 0 Å². The van der Waals surface area contributed by atoms with E-state index in [1.54, 1.807) is 23.9 Å². The Hall–Kier alpha value is -3.72. The third-order valence-electron chi connectivity index (χ3n) is 5.86. The number of amides is 2. The number of fused-ring (bicyclic) bond motifs is 1. The van der Waals surface area contributed by atoms with Gasteiger partial charge in [-0.05, 0) is 36.8 Å². The van der Waals surface area contributed by atoms with Gasteiger partial charge in [0.1, 0.15) is 11.9 Å². The number of rotatable bonds is 6. The van der Waals surface area contributed by atoms with E-state index in [4.69, 9.17) is 25.8 Å². The Morgan fingerprint density at radius 1 is 1.12 bits per heavy atom. The maximum atomic E-state index is 13.4. The van der Waals surface area contributed by atoms with Gasteiger partial charge in [-0.2, -0.15) is 5.10 Å². The van der Waals surface area contributed by atoms with Crippen molar-refractivity contribution in [2.24, 2.45) is 7.05 Å². The van der Waals surface area contributed by atoms with Gasteiger partial charge in [0.15, 0.2) is 11.5 Å². The molecule has 0 spiro atoms. The van der Waals surface area contributed by atoms with Crippen molar-refractivity contribution in [3.8, 4) is 17.2 Å². The Morgan fingerprint density at radius 3 is 2.38 bits per heavy atom. The van der Waals surface area contributed by atoms with Gasteiger partial charge in [0.2, 0.25) is 11.7 Å². The molecule has 1 aromatic heterocycles. The predicted molar refractivity (Wildman–Crippen MR) is 127 cm³/mol. The van der Waals surface area contributed by atoms with Crippen LogP contribution in [0.25, 0.3) is 0 Å². The summed E-state index contributed by atoms with van der Waals surface area (Å²) in [6, 6.07) is 9.39. The number of halogens is 1. The molecule has 0 aliphatic carbocycles. The molecule has 0 saturated heterocycles. The molecule has 2 amide bonds. The molecule has 0 radical (unpaired) electrons. The largest absolute Gasteiger partial charge is 0.493 e. The Labute approximate surface area is 201 Å². The predicted octanol–water partition coefficient (Wildman–Crippen LogP) is 3.29. The van der Waals surface area contributed by atoms with Crippen LogP contribution in [0.15, 0.2) is 36.4 Å². The molecule has 4 rings (SSSR count). The normalized spacial score (nSPS) is 16.9. The fourth-order valence-corrected chi connectivity index (χ4v) is 4.55. The lowest BCUT2D eigenvalue weighted by atomic mass is 9.82. The SMILES string of the molecule is COc1cc(C(=O)N[C@@H]2C(=O)Nc3c(c(C)nn3C)[C@H]2c2cccc(Cl)c2)cc(OC)c1OC. The lowest BCUT2D eigenvalue weighted by Crippen LogP contribution is -2.50. The molecule has 2 aromatic carbocycles. The first-order valence-electron chi connectivity index (χ1n) is 10.5. The Bertz CT molecular complexity index is 1250. The minimum absolute atomic E-state index is 0.251. The molecule has 1 aliphatic heterocycles. The minimum Gasteiger partial charge on any atom is -0.493 e. The summed E-state index contributed by atoms with van der Waals surface area (Å²) in [6.07, 6.45) is 0. The van der Waals surface area contributed by atoms with Crippen molar-refractivity contribution in [1.82, 2.24) is 15.1 Å². The van der Waals surface area contributed by atoms with E-state index in [1.807, 2.05) is 19.1 Å². The highest BCUT2D eigenvalue weighted by molar-refractivity contribution is 6.30. The molecular formula is C24H25ClN4O5. The fourth-order valence-electron chi connectivity index (χ4n) is 4.35. The van der Waals surface area contributed by atoms with Gasteiger partial charge in [-0.3, -0.25) is 14.3 Å². The van der Waals surface area contributed by atoms with Gasteiger partial charge in [0, 0.05) is 29.1 Å². The van der Waals surface area contributed by atoms with Crippen molar-refractivity contribution in [3.05, 3.63) is 63.8 Å². The van der Waals surface area contributed by atoms with Crippen LogP contribution in [0.3, 0.4) is 0 Å². The summed E-state index contributed by atoms with van der Waals surface area (Å²) in [7, 11) is 6.18. The van der Waals surface area contributed by atoms with E-state index in [0.29, 0.717) is 28.1 Å². The van der Waals surface area contributed by atoms with Crippen LogP contribution in [0.2, 0.25) is 5.02 Å². The summed E-state index contributed by atoms with van der Waals surface area (Å²) < 4.78 is 17.7. The number of aromatic nitrogens is 2. The van der Waals surface area contributed by atoms with Crippen LogP contribution in [0.5, 0.6) is 17.2 Å². The average Bonchev–Trinajstić information content (AvgIpc) is 3.10. The molecule has 10 heteroatoms. The summed E-state index contributed by atoms with van der Waals surface area (Å²) in [5, 5.41) is 10.8. The molecule has 2 N–H and O–H groups in total. The van der Waals surface area contributed by atoms with E-state index >= 15 is 0 Å². The molecule has 0 unspecified atom stereocenters. The summed E-state index contributed by atoms with van der Waals surface area (Å²) >= 11 is 6.27. The second kappa shape index (κ2) is 9.26. The first-order chi connectivity index (χ1) is 16.3. The van der Waals surface area contributed by atoms with E-state index in [9.17, 15) is 9.59 Å². The zero-order valence-electron chi connectivity index (χ0n) is 19.4. The topological polar surface area (TPSA) is 104 Å². The molecular weight excluding hydrogens is 460 g/mol. The maximum Gasteiger partial charge on any atom is 0.252 e. The fraction of sp³-hybridized carbons (Fsp3) is 0.292. The number of benzene rings is 2. The highest BCUT2D eigenvalue weighted by Gasteiger charge is 2.41. The van der Waals surface area contributed by atoms with E-state index in [1.165, 1.54) is 33.5 Å². The van der Waals surface area contributed by atoms with Crippen molar-refractivity contribution < 1.29 is 23.8 Å². The number of nitrogens with zero attached hydrogens (tertiary/aromatic N) is 2. The quantitative estimate of drug-likeness (QED) is 0.556. The minimum atomic E-state index is -0.916. The first-order valence-corrected chi connectivity index (χ1v) is 10.9. The number of carbonyl (C=O) groups excluding carboxylic acids is 2. The molecule has 0 fully saturated rings. The number of anilines is 1. The third-order valence-corrected chi connectivity index (χ3v) is 6.09. The maximum absolute atomic E-state index is 13.4. The van der Waals surface area contributed by atoms with Crippen molar-refractivity contribution >= 4 is 29.2 Å². The first kappa shape index (κ1) is 23.4. The summed E-state index contributed by atoms with van der Waals surface area (Å²) in [5.41, 5.74) is 2.60. The van der Waals surface area contributed by atoms with Crippen molar-refractivity contribution in [2.75, 3.05) is 26.6 Å². The zero-order chi connectivity index (χ0) is 24.6. The van der Waals surface area contributed by atoms with Gasteiger partial charge in [-0.1, -0.05) is 23.7 Å². The molecule has 1 aliphatic rings. The van der Waals surface area contributed by atoms with Gasteiger partial charge < -0.3 is 24.8 Å². The third kappa shape index (κ3) is 4.03. The number of methoxy groups -OCH3 is 3. The highest BCUT2D eigenvalue weighted by atomic mass is 35.5. The van der Waals surface area contributed by atoms with Crippen LogP contribution >= 0.6 is 11.6 Å². The van der Waals surface area contributed by atoms with Crippen molar-refractivity contribution in [1.29, 1.82) is 0 Å².